The third-order valence-electron chi connectivity index (χ3n) is 3.86. The van der Waals surface area contributed by atoms with Gasteiger partial charge in [-0.25, -0.2) is 0 Å². The van der Waals surface area contributed by atoms with Gasteiger partial charge in [-0.15, -0.1) is 0 Å². The zero-order valence-electron chi connectivity index (χ0n) is 12.4. The summed E-state index contributed by atoms with van der Waals surface area (Å²) in [5.74, 6) is 2.79. The third-order valence-corrected chi connectivity index (χ3v) is 3.86. The number of rotatable bonds is 10. The molecule has 0 heterocycles. The van der Waals surface area contributed by atoms with Gasteiger partial charge in [0.2, 0.25) is 0 Å². The van der Waals surface area contributed by atoms with E-state index in [1.807, 2.05) is 0 Å². The van der Waals surface area contributed by atoms with Crippen LogP contribution in [-0.4, -0.2) is 0 Å². The molecule has 0 fully saturated rings. The summed E-state index contributed by atoms with van der Waals surface area (Å²) >= 11 is 0. The molecule has 0 aromatic carbocycles. The molecule has 0 radical (unpaired) electrons. The van der Waals surface area contributed by atoms with Crippen molar-refractivity contribution in [3.63, 3.8) is 0 Å². The Morgan fingerprint density at radius 1 is 0.688 bits per heavy atom. The van der Waals surface area contributed by atoms with Gasteiger partial charge in [-0.1, -0.05) is 73.1 Å². The maximum atomic E-state index is 2.44. The van der Waals surface area contributed by atoms with Crippen LogP contribution in [0.1, 0.15) is 86.0 Å². The fourth-order valence-electron chi connectivity index (χ4n) is 2.67. The molecule has 3 atom stereocenters. The average Bonchev–Trinajstić information content (AvgIpc) is 2.24. The van der Waals surface area contributed by atoms with Crippen LogP contribution in [0.25, 0.3) is 0 Å². The third kappa shape index (κ3) is 9.24. The van der Waals surface area contributed by atoms with Crippen LogP contribution >= 0.6 is 0 Å². The summed E-state index contributed by atoms with van der Waals surface area (Å²) in [5.41, 5.74) is 0. The van der Waals surface area contributed by atoms with E-state index in [1.54, 1.807) is 0 Å². The molecule has 0 aliphatic rings. The molecule has 0 rings (SSSR count). The van der Waals surface area contributed by atoms with Gasteiger partial charge in [0.05, 0.1) is 0 Å². The van der Waals surface area contributed by atoms with Crippen LogP contribution in [-0.2, 0) is 0 Å². The molecule has 0 N–H and O–H groups in total. The van der Waals surface area contributed by atoms with E-state index in [0.717, 1.165) is 17.8 Å². The van der Waals surface area contributed by atoms with Crippen molar-refractivity contribution in [1.82, 2.24) is 0 Å². The van der Waals surface area contributed by atoms with Crippen LogP contribution in [0.3, 0.4) is 0 Å². The maximum absolute atomic E-state index is 2.44. The van der Waals surface area contributed by atoms with Gasteiger partial charge in [-0.2, -0.15) is 0 Å². The Morgan fingerprint density at radius 3 is 1.88 bits per heavy atom. The highest BCUT2D eigenvalue weighted by atomic mass is 14.2. The molecule has 16 heavy (non-hydrogen) atoms. The zero-order valence-corrected chi connectivity index (χ0v) is 12.4. The Kier molecular flexibility index (Phi) is 10.2. The number of unbranched alkanes of at least 4 members (excludes halogenated alkanes) is 3. The summed E-state index contributed by atoms with van der Waals surface area (Å²) in [5, 5.41) is 0. The molecule has 0 saturated carbocycles. The standard InChI is InChI=1S/C16H34/c1-6-8-9-10-11-15(4)13-16(5)12-14(3)7-2/h14-16H,6-13H2,1-5H3. The Hall–Kier alpha value is 0. The minimum atomic E-state index is 0.919. The fourth-order valence-corrected chi connectivity index (χ4v) is 2.67. The van der Waals surface area contributed by atoms with E-state index in [0.29, 0.717) is 0 Å². The lowest BCUT2D eigenvalue weighted by Gasteiger charge is -2.20. The summed E-state index contributed by atoms with van der Waals surface area (Å²) in [6, 6.07) is 0. The predicted octanol–water partition coefficient (Wildman–Crippen LogP) is 6.06. The predicted molar refractivity (Wildman–Crippen MR) is 75.8 cm³/mol. The van der Waals surface area contributed by atoms with Crippen molar-refractivity contribution in [2.24, 2.45) is 17.8 Å². The van der Waals surface area contributed by atoms with Gasteiger partial charge >= 0.3 is 0 Å². The van der Waals surface area contributed by atoms with Crippen LogP contribution in [0.5, 0.6) is 0 Å². The SMILES string of the molecule is CCCCCCC(C)CC(C)CC(C)CC. The Bertz CT molecular complexity index is 139. The second-order valence-corrected chi connectivity index (χ2v) is 6.04. The first-order valence-corrected chi connectivity index (χ1v) is 7.60. The first-order chi connectivity index (χ1) is 7.60. The first kappa shape index (κ1) is 16.0. The van der Waals surface area contributed by atoms with Gasteiger partial charge in [0.25, 0.3) is 0 Å². The van der Waals surface area contributed by atoms with Gasteiger partial charge in [0.1, 0.15) is 0 Å². The lowest BCUT2D eigenvalue weighted by Crippen LogP contribution is -2.07. The largest absolute Gasteiger partial charge is 0.0654 e. The molecular weight excluding hydrogens is 192 g/mol. The van der Waals surface area contributed by atoms with E-state index < -0.39 is 0 Å². The van der Waals surface area contributed by atoms with Crippen molar-refractivity contribution in [3.05, 3.63) is 0 Å². The van der Waals surface area contributed by atoms with E-state index in [2.05, 4.69) is 34.6 Å². The van der Waals surface area contributed by atoms with Crippen LogP contribution in [0.4, 0.5) is 0 Å². The van der Waals surface area contributed by atoms with Crippen molar-refractivity contribution in [2.45, 2.75) is 86.0 Å². The van der Waals surface area contributed by atoms with Crippen molar-refractivity contribution in [1.29, 1.82) is 0 Å². The zero-order chi connectivity index (χ0) is 12.4. The highest BCUT2D eigenvalue weighted by Gasteiger charge is 2.11. The minimum Gasteiger partial charge on any atom is -0.0654 e. The summed E-state index contributed by atoms with van der Waals surface area (Å²) in [6.07, 6.45) is 11.3. The van der Waals surface area contributed by atoms with Crippen molar-refractivity contribution in [2.75, 3.05) is 0 Å². The molecular formula is C16H34. The first-order valence-electron chi connectivity index (χ1n) is 7.60. The number of hydrogen-bond acceptors (Lipinski definition) is 0. The molecule has 0 aliphatic carbocycles. The van der Waals surface area contributed by atoms with E-state index in [1.165, 1.54) is 51.4 Å². The molecule has 0 aromatic heterocycles. The fraction of sp³-hybridized carbons (Fsp3) is 1.00. The normalized spacial score (nSPS) is 17.1. The van der Waals surface area contributed by atoms with Gasteiger partial charge < -0.3 is 0 Å². The van der Waals surface area contributed by atoms with Crippen LogP contribution in [0, 0.1) is 17.8 Å². The quantitative estimate of drug-likeness (QED) is 0.397. The molecule has 0 saturated heterocycles. The Morgan fingerprint density at radius 2 is 1.31 bits per heavy atom. The Labute approximate surface area is 104 Å². The molecule has 3 unspecified atom stereocenters. The summed E-state index contributed by atoms with van der Waals surface area (Å²) in [7, 11) is 0. The van der Waals surface area contributed by atoms with Gasteiger partial charge in [0.15, 0.2) is 0 Å². The van der Waals surface area contributed by atoms with Gasteiger partial charge in [-0.05, 0) is 30.6 Å². The number of hydrogen-bond donors (Lipinski definition) is 0. The topological polar surface area (TPSA) is 0 Å². The summed E-state index contributed by atoms with van der Waals surface area (Å²) in [4.78, 5) is 0. The molecule has 0 heteroatoms. The highest BCUT2D eigenvalue weighted by molar-refractivity contribution is 4.63. The van der Waals surface area contributed by atoms with Gasteiger partial charge in [-0.3, -0.25) is 0 Å². The Balaban J connectivity index is 3.49. The monoisotopic (exact) mass is 226 g/mol. The maximum Gasteiger partial charge on any atom is -0.0438 e. The van der Waals surface area contributed by atoms with Crippen molar-refractivity contribution in [3.8, 4) is 0 Å². The van der Waals surface area contributed by atoms with E-state index in [4.69, 9.17) is 0 Å². The lowest BCUT2D eigenvalue weighted by molar-refractivity contribution is 0.324. The van der Waals surface area contributed by atoms with E-state index in [-0.39, 0.29) is 0 Å². The van der Waals surface area contributed by atoms with Crippen LogP contribution in [0.2, 0.25) is 0 Å². The highest BCUT2D eigenvalue weighted by Crippen LogP contribution is 2.24. The van der Waals surface area contributed by atoms with Crippen LogP contribution in [0.15, 0.2) is 0 Å². The molecule has 98 valence electrons. The molecule has 0 aliphatic heterocycles. The molecule has 0 aromatic rings. The second kappa shape index (κ2) is 10.2. The molecule has 0 bridgehead atoms. The molecule has 0 nitrogen and oxygen atoms in total. The smallest absolute Gasteiger partial charge is 0.0438 e. The minimum absolute atomic E-state index is 0.919. The van der Waals surface area contributed by atoms with E-state index in [9.17, 15) is 0 Å². The average molecular weight is 226 g/mol. The van der Waals surface area contributed by atoms with Crippen molar-refractivity contribution >= 4 is 0 Å². The second-order valence-electron chi connectivity index (χ2n) is 6.04. The summed E-state index contributed by atoms with van der Waals surface area (Å²) in [6.45, 7) is 11.9. The summed E-state index contributed by atoms with van der Waals surface area (Å²) < 4.78 is 0. The molecule has 0 spiro atoms. The van der Waals surface area contributed by atoms with Crippen molar-refractivity contribution < 1.29 is 0 Å². The van der Waals surface area contributed by atoms with Crippen LogP contribution < -0.4 is 0 Å². The molecule has 0 amide bonds. The van der Waals surface area contributed by atoms with E-state index >= 15 is 0 Å². The lowest BCUT2D eigenvalue weighted by atomic mass is 9.86. The van der Waals surface area contributed by atoms with Gasteiger partial charge in [0, 0.05) is 0 Å².